The van der Waals surface area contributed by atoms with E-state index in [0.29, 0.717) is 9.50 Å². The largest absolute Gasteiger partial charge is 0.295 e. The van der Waals surface area contributed by atoms with E-state index in [-0.39, 0.29) is 11.6 Å². The van der Waals surface area contributed by atoms with Gasteiger partial charge in [0.1, 0.15) is 5.69 Å². The molecule has 6 heteroatoms. The van der Waals surface area contributed by atoms with Crippen molar-refractivity contribution >= 4 is 33.4 Å². The minimum atomic E-state index is -0.345. The van der Waals surface area contributed by atoms with Crippen LogP contribution in [0.4, 0.5) is 0 Å². The van der Waals surface area contributed by atoms with Crippen LogP contribution >= 0.6 is 27.5 Å². The van der Waals surface area contributed by atoms with Crippen LogP contribution in [0.1, 0.15) is 10.5 Å². The Morgan fingerprint density at radius 3 is 2.86 bits per heavy atom. The number of hydrogen-bond acceptors (Lipinski definition) is 3. The lowest BCUT2D eigenvalue weighted by molar-refractivity contribution is -0.0760. The molecular formula is C8H8BrClN2O2. The number of nitrogens with zero attached hydrogens (tertiary/aromatic N) is 2. The molecule has 0 saturated heterocycles. The van der Waals surface area contributed by atoms with Crippen LogP contribution in [0.2, 0.25) is 5.02 Å². The van der Waals surface area contributed by atoms with E-state index < -0.39 is 0 Å². The fourth-order valence-electron chi connectivity index (χ4n) is 0.775. The number of hydroxylamine groups is 2. The molecule has 1 aromatic heterocycles. The van der Waals surface area contributed by atoms with Gasteiger partial charge in [-0.05, 0) is 22.0 Å². The second-order valence-corrected chi connectivity index (χ2v) is 3.73. The Bertz CT molecular complexity index is 359. The fraction of sp³-hybridized carbons (Fsp3) is 0.250. The molecule has 76 valence electrons. The highest BCUT2D eigenvalue weighted by Gasteiger charge is 2.13. The fourth-order valence-corrected chi connectivity index (χ4v) is 1.14. The number of carbonyl (C=O) groups is 1. The highest BCUT2D eigenvalue weighted by molar-refractivity contribution is 9.10. The topological polar surface area (TPSA) is 42.4 Å². The van der Waals surface area contributed by atoms with Crippen LogP contribution in [-0.4, -0.2) is 30.1 Å². The van der Waals surface area contributed by atoms with Crippen LogP contribution in [0.15, 0.2) is 16.7 Å². The summed E-state index contributed by atoms with van der Waals surface area (Å²) in [6.07, 6.45) is 1.47. The Balaban J connectivity index is 2.97. The van der Waals surface area contributed by atoms with Crippen LogP contribution in [0.25, 0.3) is 0 Å². The molecule has 0 fully saturated rings. The third-order valence-electron chi connectivity index (χ3n) is 1.59. The molecule has 0 aliphatic rings. The summed E-state index contributed by atoms with van der Waals surface area (Å²) < 4.78 is 0.649. The normalized spacial score (nSPS) is 10.0. The molecule has 1 amide bonds. The maximum absolute atomic E-state index is 11.5. The Labute approximate surface area is 94.9 Å². The average molecular weight is 280 g/mol. The van der Waals surface area contributed by atoms with E-state index in [2.05, 4.69) is 20.9 Å². The first-order chi connectivity index (χ1) is 6.56. The molecule has 0 atom stereocenters. The maximum Gasteiger partial charge on any atom is 0.295 e. The Morgan fingerprint density at radius 2 is 2.36 bits per heavy atom. The summed E-state index contributed by atoms with van der Waals surface area (Å²) in [6.45, 7) is 0. The van der Waals surface area contributed by atoms with Gasteiger partial charge in [-0.25, -0.2) is 10.0 Å². The highest BCUT2D eigenvalue weighted by Crippen LogP contribution is 2.21. The van der Waals surface area contributed by atoms with E-state index in [0.717, 1.165) is 5.06 Å². The van der Waals surface area contributed by atoms with Crippen LogP contribution in [0.5, 0.6) is 0 Å². The molecule has 1 aromatic rings. The molecule has 14 heavy (non-hydrogen) atoms. The van der Waals surface area contributed by atoms with Gasteiger partial charge in [0.15, 0.2) is 0 Å². The van der Waals surface area contributed by atoms with Crippen molar-refractivity contribution in [3.05, 3.63) is 27.5 Å². The highest BCUT2D eigenvalue weighted by atomic mass is 79.9. The summed E-state index contributed by atoms with van der Waals surface area (Å²) >= 11 is 8.99. The summed E-state index contributed by atoms with van der Waals surface area (Å²) in [5.41, 5.74) is 0.238. The standard InChI is InChI=1S/C8H8BrClN2O2/c1-12(14-2)8(13)7-3-6(10)5(9)4-11-7/h3-4H,1-2H3. The molecular weight excluding hydrogens is 271 g/mol. The van der Waals surface area contributed by atoms with E-state index in [4.69, 9.17) is 16.4 Å². The van der Waals surface area contributed by atoms with Gasteiger partial charge in [0.05, 0.1) is 16.6 Å². The van der Waals surface area contributed by atoms with Crippen molar-refractivity contribution in [1.82, 2.24) is 10.0 Å². The monoisotopic (exact) mass is 278 g/mol. The lowest BCUT2D eigenvalue weighted by Crippen LogP contribution is -2.26. The molecule has 0 saturated carbocycles. The van der Waals surface area contributed by atoms with Crippen LogP contribution in [0, 0.1) is 0 Å². The molecule has 0 aliphatic heterocycles. The molecule has 0 aromatic carbocycles. The summed E-state index contributed by atoms with van der Waals surface area (Å²) in [5.74, 6) is -0.345. The predicted molar refractivity (Wildman–Crippen MR) is 56.0 cm³/mol. The van der Waals surface area contributed by atoms with Gasteiger partial charge in [-0.3, -0.25) is 9.63 Å². The van der Waals surface area contributed by atoms with Gasteiger partial charge >= 0.3 is 0 Å². The number of amides is 1. The second-order valence-electron chi connectivity index (χ2n) is 2.47. The van der Waals surface area contributed by atoms with Gasteiger partial charge < -0.3 is 0 Å². The third kappa shape index (κ3) is 2.43. The quantitative estimate of drug-likeness (QED) is 0.779. The Kier molecular flexibility index (Phi) is 3.86. The van der Waals surface area contributed by atoms with Crippen LogP contribution in [-0.2, 0) is 4.84 Å². The number of carbonyl (C=O) groups excluding carboxylic acids is 1. The van der Waals surface area contributed by atoms with Crippen molar-refractivity contribution in [2.45, 2.75) is 0 Å². The molecule has 1 rings (SSSR count). The van der Waals surface area contributed by atoms with Crippen LogP contribution in [0.3, 0.4) is 0 Å². The molecule has 4 nitrogen and oxygen atoms in total. The van der Waals surface area contributed by atoms with Gasteiger partial charge in [-0.1, -0.05) is 11.6 Å². The zero-order chi connectivity index (χ0) is 10.7. The Morgan fingerprint density at radius 1 is 1.71 bits per heavy atom. The summed E-state index contributed by atoms with van der Waals surface area (Å²) in [6, 6.07) is 1.48. The molecule has 0 radical (unpaired) electrons. The zero-order valence-corrected chi connectivity index (χ0v) is 9.96. The summed E-state index contributed by atoms with van der Waals surface area (Å²) in [4.78, 5) is 20.1. The van der Waals surface area contributed by atoms with E-state index in [1.165, 1.54) is 26.4 Å². The van der Waals surface area contributed by atoms with Crippen molar-refractivity contribution < 1.29 is 9.63 Å². The van der Waals surface area contributed by atoms with Crippen molar-refractivity contribution in [2.24, 2.45) is 0 Å². The zero-order valence-electron chi connectivity index (χ0n) is 7.62. The van der Waals surface area contributed by atoms with E-state index in [1.807, 2.05) is 0 Å². The van der Waals surface area contributed by atoms with Gasteiger partial charge in [-0.2, -0.15) is 0 Å². The number of hydrogen-bond donors (Lipinski definition) is 0. The van der Waals surface area contributed by atoms with Crippen molar-refractivity contribution in [2.75, 3.05) is 14.2 Å². The van der Waals surface area contributed by atoms with Crippen molar-refractivity contribution in [3.8, 4) is 0 Å². The lowest BCUT2D eigenvalue weighted by Gasteiger charge is -2.12. The minimum absolute atomic E-state index is 0.238. The average Bonchev–Trinajstić information content (AvgIpc) is 2.20. The molecule has 0 spiro atoms. The molecule has 0 unspecified atom stereocenters. The maximum atomic E-state index is 11.5. The molecule has 1 heterocycles. The first-order valence-corrected chi connectivity index (χ1v) is 4.86. The van der Waals surface area contributed by atoms with Crippen molar-refractivity contribution in [1.29, 1.82) is 0 Å². The number of pyridine rings is 1. The molecule has 0 bridgehead atoms. The van der Waals surface area contributed by atoms with Gasteiger partial charge in [-0.15, -0.1) is 0 Å². The smallest absolute Gasteiger partial charge is 0.274 e. The second kappa shape index (κ2) is 4.72. The first-order valence-electron chi connectivity index (χ1n) is 3.69. The van der Waals surface area contributed by atoms with E-state index >= 15 is 0 Å². The summed E-state index contributed by atoms with van der Waals surface area (Å²) in [5, 5.41) is 1.51. The van der Waals surface area contributed by atoms with Crippen molar-refractivity contribution in [3.63, 3.8) is 0 Å². The first kappa shape index (κ1) is 11.4. The lowest BCUT2D eigenvalue weighted by atomic mass is 10.3. The van der Waals surface area contributed by atoms with Gasteiger partial charge in [0.2, 0.25) is 0 Å². The SMILES string of the molecule is CON(C)C(=O)c1cc(Cl)c(Br)cn1. The Hall–Kier alpha value is -0.650. The van der Waals surface area contributed by atoms with E-state index in [1.54, 1.807) is 0 Å². The van der Waals surface area contributed by atoms with E-state index in [9.17, 15) is 4.79 Å². The third-order valence-corrected chi connectivity index (χ3v) is 2.76. The minimum Gasteiger partial charge on any atom is -0.274 e. The van der Waals surface area contributed by atoms with Crippen LogP contribution < -0.4 is 0 Å². The molecule has 0 aliphatic carbocycles. The van der Waals surface area contributed by atoms with Gasteiger partial charge in [0.25, 0.3) is 5.91 Å². The van der Waals surface area contributed by atoms with Gasteiger partial charge in [0, 0.05) is 13.2 Å². The summed E-state index contributed by atoms with van der Waals surface area (Å²) in [7, 11) is 2.90. The number of rotatable bonds is 2. The predicted octanol–water partition coefficient (Wildman–Crippen LogP) is 2.13. The molecule has 0 N–H and O–H groups in total. The number of halogens is 2. The number of aromatic nitrogens is 1.